The van der Waals surface area contributed by atoms with Crippen LogP contribution < -0.4 is 20.3 Å². The zero-order chi connectivity index (χ0) is 21.5. The van der Waals surface area contributed by atoms with E-state index in [1.165, 1.54) is 18.2 Å². The predicted molar refractivity (Wildman–Crippen MR) is 109 cm³/mol. The lowest BCUT2D eigenvalue weighted by Gasteiger charge is -2.15. The number of para-hydroxylation sites is 2. The van der Waals surface area contributed by atoms with Crippen LogP contribution in [0.3, 0.4) is 0 Å². The highest BCUT2D eigenvalue weighted by Gasteiger charge is 2.17. The Labute approximate surface area is 171 Å². The Morgan fingerprint density at radius 3 is 2.47 bits per heavy atom. The molecule has 9 heteroatoms. The number of nitrogens with one attached hydrogen (secondary N) is 2. The molecule has 0 aliphatic carbocycles. The van der Waals surface area contributed by atoms with Crippen LogP contribution in [0.5, 0.6) is 11.5 Å². The van der Waals surface area contributed by atoms with Gasteiger partial charge in [-0.3, -0.25) is 30.6 Å². The maximum absolute atomic E-state index is 12.2. The third-order valence-electron chi connectivity index (χ3n) is 4.15. The van der Waals surface area contributed by atoms with Gasteiger partial charge in [-0.15, -0.1) is 0 Å². The second-order valence-corrected chi connectivity index (χ2v) is 6.32. The minimum atomic E-state index is -0.873. The highest BCUT2D eigenvalue weighted by Crippen LogP contribution is 2.25. The SMILES string of the molecule is C[C@H](Oc1ccc2ccccc2c1)C(=O)NNC(=O)COc1ccccc1[N+](=O)[O-]. The third-order valence-corrected chi connectivity index (χ3v) is 4.15. The molecule has 0 heterocycles. The van der Waals surface area contributed by atoms with Gasteiger partial charge >= 0.3 is 5.69 Å². The summed E-state index contributed by atoms with van der Waals surface area (Å²) in [6, 6.07) is 18.9. The minimum absolute atomic E-state index is 0.0445. The van der Waals surface area contributed by atoms with Crippen molar-refractivity contribution < 1.29 is 24.0 Å². The second-order valence-electron chi connectivity index (χ2n) is 6.32. The van der Waals surface area contributed by atoms with Crippen molar-refractivity contribution in [1.82, 2.24) is 10.9 Å². The van der Waals surface area contributed by atoms with E-state index in [1.54, 1.807) is 19.1 Å². The monoisotopic (exact) mass is 409 g/mol. The van der Waals surface area contributed by atoms with Gasteiger partial charge in [-0.05, 0) is 35.9 Å². The summed E-state index contributed by atoms with van der Waals surface area (Å²) in [6.07, 6.45) is -0.873. The average molecular weight is 409 g/mol. The van der Waals surface area contributed by atoms with Crippen LogP contribution in [0.15, 0.2) is 66.7 Å². The first kappa shape index (κ1) is 20.6. The lowest BCUT2D eigenvalue weighted by atomic mass is 10.1. The van der Waals surface area contributed by atoms with Gasteiger partial charge in [-0.25, -0.2) is 0 Å². The van der Waals surface area contributed by atoms with Crippen molar-refractivity contribution in [2.45, 2.75) is 13.0 Å². The van der Waals surface area contributed by atoms with E-state index in [2.05, 4.69) is 10.9 Å². The van der Waals surface area contributed by atoms with E-state index in [4.69, 9.17) is 9.47 Å². The minimum Gasteiger partial charge on any atom is -0.481 e. The molecule has 2 N–H and O–H groups in total. The molecule has 0 saturated carbocycles. The Kier molecular flexibility index (Phi) is 6.43. The number of benzene rings is 3. The first-order valence-electron chi connectivity index (χ1n) is 9.04. The summed E-state index contributed by atoms with van der Waals surface area (Å²) < 4.78 is 10.8. The summed E-state index contributed by atoms with van der Waals surface area (Å²) in [6.45, 7) is 1.03. The molecule has 3 aromatic carbocycles. The fraction of sp³-hybridized carbons (Fsp3) is 0.143. The summed E-state index contributed by atoms with van der Waals surface area (Å²) >= 11 is 0. The molecule has 0 unspecified atom stereocenters. The van der Waals surface area contributed by atoms with Crippen molar-refractivity contribution in [2.24, 2.45) is 0 Å². The standard InChI is InChI=1S/C21H19N3O6/c1-14(30-17-11-10-15-6-2-3-7-16(15)12-17)21(26)23-22-20(25)13-29-19-9-5-4-8-18(19)24(27)28/h2-12,14H,13H2,1H3,(H,22,25)(H,23,26)/t14-/m0/s1. The summed E-state index contributed by atoms with van der Waals surface area (Å²) in [4.78, 5) is 34.3. The van der Waals surface area contributed by atoms with E-state index in [0.717, 1.165) is 10.8 Å². The van der Waals surface area contributed by atoms with E-state index in [-0.39, 0.29) is 11.4 Å². The number of nitro groups is 1. The molecule has 0 fully saturated rings. The fourth-order valence-corrected chi connectivity index (χ4v) is 2.64. The van der Waals surface area contributed by atoms with E-state index >= 15 is 0 Å². The first-order chi connectivity index (χ1) is 14.4. The molecule has 0 aromatic heterocycles. The molecule has 2 amide bonds. The highest BCUT2D eigenvalue weighted by atomic mass is 16.6. The van der Waals surface area contributed by atoms with E-state index in [1.807, 2.05) is 36.4 Å². The van der Waals surface area contributed by atoms with Gasteiger partial charge in [0.05, 0.1) is 4.92 Å². The van der Waals surface area contributed by atoms with Crippen LogP contribution in [0.1, 0.15) is 6.92 Å². The van der Waals surface area contributed by atoms with Gasteiger partial charge in [-0.1, -0.05) is 42.5 Å². The molecule has 154 valence electrons. The topological polar surface area (TPSA) is 120 Å². The molecule has 1 atom stereocenters. The second kappa shape index (κ2) is 9.37. The molecule has 0 bridgehead atoms. The van der Waals surface area contributed by atoms with Gasteiger partial charge in [0, 0.05) is 6.07 Å². The normalized spacial score (nSPS) is 11.4. The Bertz CT molecular complexity index is 1090. The Balaban J connectivity index is 1.48. The van der Waals surface area contributed by atoms with Gasteiger partial charge in [0.1, 0.15) is 5.75 Å². The molecule has 0 saturated heterocycles. The van der Waals surface area contributed by atoms with Crippen molar-refractivity contribution in [3.8, 4) is 11.5 Å². The number of ether oxygens (including phenoxy) is 2. The first-order valence-corrected chi connectivity index (χ1v) is 9.04. The van der Waals surface area contributed by atoms with Crippen molar-refractivity contribution in [1.29, 1.82) is 0 Å². The molecule has 0 radical (unpaired) electrons. The summed E-state index contributed by atoms with van der Waals surface area (Å²) in [5.74, 6) is -0.777. The molecule has 0 spiro atoms. The van der Waals surface area contributed by atoms with Crippen LogP contribution in [-0.2, 0) is 9.59 Å². The molecule has 0 aliphatic heterocycles. The molecule has 3 aromatic rings. The maximum Gasteiger partial charge on any atom is 0.310 e. The summed E-state index contributed by atoms with van der Waals surface area (Å²) in [7, 11) is 0. The van der Waals surface area contributed by atoms with Gasteiger partial charge < -0.3 is 9.47 Å². The number of carbonyl (C=O) groups is 2. The number of carbonyl (C=O) groups excluding carboxylic acids is 2. The largest absolute Gasteiger partial charge is 0.481 e. The fourth-order valence-electron chi connectivity index (χ4n) is 2.64. The number of hydrazine groups is 1. The number of rotatable bonds is 7. The third kappa shape index (κ3) is 5.22. The molecule has 9 nitrogen and oxygen atoms in total. The number of hydrogen-bond donors (Lipinski definition) is 2. The van der Waals surface area contributed by atoms with E-state index in [0.29, 0.717) is 5.75 Å². The quantitative estimate of drug-likeness (QED) is 0.457. The van der Waals surface area contributed by atoms with Gasteiger partial charge in [0.25, 0.3) is 11.8 Å². The van der Waals surface area contributed by atoms with E-state index < -0.39 is 29.4 Å². The number of amides is 2. The lowest BCUT2D eigenvalue weighted by Crippen LogP contribution is -2.48. The average Bonchev–Trinajstić information content (AvgIpc) is 2.76. The zero-order valence-corrected chi connectivity index (χ0v) is 16.0. The van der Waals surface area contributed by atoms with Gasteiger partial charge in [-0.2, -0.15) is 0 Å². The predicted octanol–water partition coefficient (Wildman–Crippen LogP) is 2.74. The van der Waals surface area contributed by atoms with Crippen molar-refractivity contribution in [3.63, 3.8) is 0 Å². The summed E-state index contributed by atoms with van der Waals surface area (Å²) in [5.41, 5.74) is 4.16. The summed E-state index contributed by atoms with van der Waals surface area (Å²) in [5, 5.41) is 13.0. The molecular formula is C21H19N3O6. The highest BCUT2D eigenvalue weighted by molar-refractivity contribution is 5.86. The smallest absolute Gasteiger partial charge is 0.310 e. The van der Waals surface area contributed by atoms with Gasteiger partial charge in [0.2, 0.25) is 0 Å². The van der Waals surface area contributed by atoms with Crippen LogP contribution in [-0.4, -0.2) is 29.4 Å². The van der Waals surface area contributed by atoms with Crippen molar-refractivity contribution >= 4 is 28.3 Å². The van der Waals surface area contributed by atoms with Crippen LogP contribution in [0, 0.1) is 10.1 Å². The van der Waals surface area contributed by atoms with Crippen molar-refractivity contribution in [3.05, 3.63) is 76.8 Å². The zero-order valence-electron chi connectivity index (χ0n) is 16.0. The number of nitrogens with zero attached hydrogens (tertiary/aromatic N) is 1. The lowest BCUT2D eigenvalue weighted by molar-refractivity contribution is -0.385. The molecule has 30 heavy (non-hydrogen) atoms. The maximum atomic E-state index is 12.2. The number of nitro benzene ring substituents is 1. The van der Waals surface area contributed by atoms with Crippen LogP contribution in [0.2, 0.25) is 0 Å². The van der Waals surface area contributed by atoms with Gasteiger partial charge in [0.15, 0.2) is 18.5 Å². The van der Waals surface area contributed by atoms with Crippen LogP contribution in [0.25, 0.3) is 10.8 Å². The molecule has 3 rings (SSSR count). The molecule has 0 aliphatic rings. The number of fused-ring (bicyclic) bond motifs is 1. The Morgan fingerprint density at radius 1 is 1.00 bits per heavy atom. The Hall–Kier alpha value is -4.14. The van der Waals surface area contributed by atoms with Crippen LogP contribution >= 0.6 is 0 Å². The van der Waals surface area contributed by atoms with Crippen LogP contribution in [0.4, 0.5) is 5.69 Å². The molecular weight excluding hydrogens is 390 g/mol. The van der Waals surface area contributed by atoms with Crippen molar-refractivity contribution in [2.75, 3.05) is 6.61 Å². The number of hydrogen-bond acceptors (Lipinski definition) is 6. The Morgan fingerprint density at radius 2 is 1.70 bits per heavy atom. The van der Waals surface area contributed by atoms with E-state index in [9.17, 15) is 19.7 Å².